The Bertz CT molecular complexity index is 616. The van der Waals surface area contributed by atoms with E-state index in [0.717, 1.165) is 5.56 Å². The molecule has 0 bridgehead atoms. The van der Waals surface area contributed by atoms with Crippen LogP contribution in [-0.4, -0.2) is 55.9 Å². The van der Waals surface area contributed by atoms with Gasteiger partial charge >= 0.3 is 12.1 Å². The lowest BCUT2D eigenvalue weighted by Gasteiger charge is -2.42. The molecular formula is C19H29FN4O3. The van der Waals surface area contributed by atoms with Gasteiger partial charge in [-0.05, 0) is 43.9 Å². The fraction of sp³-hybridized carbons (Fsp3) is 0.579. The molecule has 7 nitrogen and oxygen atoms in total. The molecule has 1 fully saturated rings. The van der Waals surface area contributed by atoms with Gasteiger partial charge in [0.1, 0.15) is 5.82 Å². The van der Waals surface area contributed by atoms with E-state index in [0.29, 0.717) is 52.0 Å². The zero-order valence-electron chi connectivity index (χ0n) is 16.0. The normalized spacial score (nSPS) is 15.9. The molecule has 27 heavy (non-hydrogen) atoms. The summed E-state index contributed by atoms with van der Waals surface area (Å²) in [5.74, 6) is -0.305. The topological polar surface area (TPSA) is 82.7 Å². The van der Waals surface area contributed by atoms with Crippen molar-refractivity contribution in [1.29, 1.82) is 0 Å². The quantitative estimate of drug-likeness (QED) is 0.678. The molecular weight excluding hydrogens is 351 g/mol. The summed E-state index contributed by atoms with van der Waals surface area (Å²) in [5, 5.41) is 8.70. The summed E-state index contributed by atoms with van der Waals surface area (Å²) < 4.78 is 18.2. The van der Waals surface area contributed by atoms with E-state index in [4.69, 9.17) is 4.74 Å². The highest BCUT2D eigenvalue weighted by atomic mass is 19.1. The van der Waals surface area contributed by atoms with Gasteiger partial charge in [0, 0.05) is 45.4 Å². The summed E-state index contributed by atoms with van der Waals surface area (Å²) in [6.07, 6.45) is 2.01. The van der Waals surface area contributed by atoms with Crippen LogP contribution in [0.3, 0.4) is 0 Å². The number of nitrogens with one attached hydrogen (secondary N) is 3. The molecule has 0 radical (unpaired) electrons. The van der Waals surface area contributed by atoms with Crippen molar-refractivity contribution < 1.29 is 18.7 Å². The zero-order chi connectivity index (χ0) is 19.7. The number of methoxy groups -OCH3 is 1. The van der Waals surface area contributed by atoms with Gasteiger partial charge in [-0.3, -0.25) is 0 Å². The van der Waals surface area contributed by atoms with E-state index in [1.165, 1.54) is 12.1 Å². The summed E-state index contributed by atoms with van der Waals surface area (Å²) in [5.41, 5.74) is 0.412. The van der Waals surface area contributed by atoms with Crippen LogP contribution in [0.25, 0.3) is 0 Å². The Morgan fingerprint density at radius 3 is 2.44 bits per heavy atom. The molecule has 0 unspecified atom stereocenters. The van der Waals surface area contributed by atoms with Gasteiger partial charge < -0.3 is 25.6 Å². The highest BCUT2D eigenvalue weighted by molar-refractivity contribution is 5.75. The van der Waals surface area contributed by atoms with Crippen LogP contribution in [0.2, 0.25) is 0 Å². The first-order valence-corrected chi connectivity index (χ1v) is 9.30. The number of likely N-dealkylation sites (tertiary alicyclic amines) is 1. The van der Waals surface area contributed by atoms with Gasteiger partial charge in [-0.2, -0.15) is 0 Å². The Balaban J connectivity index is 1.90. The van der Waals surface area contributed by atoms with Gasteiger partial charge in [-0.15, -0.1) is 0 Å². The first-order valence-electron chi connectivity index (χ1n) is 9.30. The lowest BCUT2D eigenvalue weighted by Crippen LogP contribution is -2.59. The highest BCUT2D eigenvalue weighted by Gasteiger charge is 2.36. The number of urea groups is 2. The minimum absolute atomic E-state index is 0.0707. The third-order valence-corrected chi connectivity index (χ3v) is 4.87. The Morgan fingerprint density at radius 1 is 1.19 bits per heavy atom. The smallest absolute Gasteiger partial charge is 0.317 e. The van der Waals surface area contributed by atoms with E-state index in [2.05, 4.69) is 16.0 Å². The maximum atomic E-state index is 13.0. The van der Waals surface area contributed by atoms with Crippen molar-refractivity contribution in [2.24, 2.45) is 0 Å². The van der Waals surface area contributed by atoms with Crippen molar-refractivity contribution in [3.8, 4) is 0 Å². The molecule has 150 valence electrons. The molecule has 1 saturated heterocycles. The van der Waals surface area contributed by atoms with E-state index in [9.17, 15) is 14.0 Å². The first kappa shape index (κ1) is 21.0. The number of rotatable bonds is 7. The second kappa shape index (κ2) is 10.1. The van der Waals surface area contributed by atoms with Gasteiger partial charge in [0.15, 0.2) is 0 Å². The number of carbonyl (C=O) groups is 2. The van der Waals surface area contributed by atoms with Crippen LogP contribution in [0.4, 0.5) is 14.0 Å². The number of amides is 4. The highest BCUT2D eigenvalue weighted by Crippen LogP contribution is 2.26. The van der Waals surface area contributed by atoms with Crippen LogP contribution in [0.15, 0.2) is 24.3 Å². The van der Waals surface area contributed by atoms with Gasteiger partial charge in [0.25, 0.3) is 0 Å². The monoisotopic (exact) mass is 380 g/mol. The van der Waals surface area contributed by atoms with Gasteiger partial charge in [-0.25, -0.2) is 14.0 Å². The standard InChI is InChI=1S/C19H29FN4O3/c1-3-21-18(26)24-11-8-19(9-12-24,10-13-27-2)23-17(25)22-14-15-4-6-16(20)7-5-15/h4-7H,3,8-14H2,1-2H3,(H,21,26)(H2,22,23,25). The predicted octanol–water partition coefficient (Wildman–Crippen LogP) is 2.23. The van der Waals surface area contributed by atoms with Crippen molar-refractivity contribution in [2.75, 3.05) is 33.4 Å². The minimum atomic E-state index is -0.411. The van der Waals surface area contributed by atoms with Crippen LogP contribution >= 0.6 is 0 Å². The van der Waals surface area contributed by atoms with E-state index >= 15 is 0 Å². The molecule has 1 heterocycles. The van der Waals surface area contributed by atoms with Crippen molar-refractivity contribution >= 4 is 12.1 Å². The number of carbonyl (C=O) groups excluding carboxylic acids is 2. The average molecular weight is 380 g/mol. The second-order valence-electron chi connectivity index (χ2n) is 6.78. The van der Waals surface area contributed by atoms with Crippen LogP contribution in [-0.2, 0) is 11.3 Å². The molecule has 2 rings (SSSR count). The average Bonchev–Trinajstić information content (AvgIpc) is 2.67. The fourth-order valence-electron chi connectivity index (χ4n) is 3.21. The Labute approximate surface area is 159 Å². The lowest BCUT2D eigenvalue weighted by molar-refractivity contribution is 0.107. The minimum Gasteiger partial charge on any atom is -0.385 e. The molecule has 1 aliphatic rings. The molecule has 0 atom stereocenters. The maximum Gasteiger partial charge on any atom is 0.317 e. The fourth-order valence-corrected chi connectivity index (χ4v) is 3.21. The Hall–Kier alpha value is -2.35. The van der Waals surface area contributed by atoms with Crippen molar-refractivity contribution in [2.45, 2.75) is 38.3 Å². The number of hydrogen-bond donors (Lipinski definition) is 3. The van der Waals surface area contributed by atoms with E-state index in [1.807, 2.05) is 6.92 Å². The number of ether oxygens (including phenoxy) is 1. The molecule has 1 aromatic rings. The van der Waals surface area contributed by atoms with Crippen molar-refractivity contribution in [3.05, 3.63) is 35.6 Å². The molecule has 0 aliphatic carbocycles. The van der Waals surface area contributed by atoms with Gasteiger partial charge in [0.05, 0.1) is 0 Å². The molecule has 1 aromatic carbocycles. The van der Waals surface area contributed by atoms with Crippen LogP contribution in [0.1, 0.15) is 31.7 Å². The van der Waals surface area contributed by atoms with E-state index < -0.39 is 5.54 Å². The Kier molecular flexibility index (Phi) is 7.84. The third-order valence-electron chi connectivity index (χ3n) is 4.87. The third kappa shape index (κ3) is 6.39. The van der Waals surface area contributed by atoms with Gasteiger partial charge in [0.2, 0.25) is 0 Å². The number of benzene rings is 1. The van der Waals surface area contributed by atoms with Crippen molar-refractivity contribution in [1.82, 2.24) is 20.9 Å². The molecule has 0 aromatic heterocycles. The van der Waals surface area contributed by atoms with Crippen LogP contribution < -0.4 is 16.0 Å². The molecule has 1 aliphatic heterocycles. The lowest BCUT2D eigenvalue weighted by atomic mass is 9.84. The number of hydrogen-bond acceptors (Lipinski definition) is 3. The molecule has 8 heteroatoms. The predicted molar refractivity (Wildman–Crippen MR) is 101 cm³/mol. The van der Waals surface area contributed by atoms with E-state index in [-0.39, 0.29) is 17.9 Å². The van der Waals surface area contributed by atoms with Crippen LogP contribution in [0, 0.1) is 5.82 Å². The second-order valence-corrected chi connectivity index (χ2v) is 6.78. The van der Waals surface area contributed by atoms with Gasteiger partial charge in [-0.1, -0.05) is 12.1 Å². The summed E-state index contributed by atoms with van der Waals surface area (Å²) in [7, 11) is 1.63. The largest absolute Gasteiger partial charge is 0.385 e. The summed E-state index contributed by atoms with van der Waals surface area (Å²) in [4.78, 5) is 26.2. The number of nitrogens with zero attached hydrogens (tertiary/aromatic N) is 1. The van der Waals surface area contributed by atoms with Crippen LogP contribution in [0.5, 0.6) is 0 Å². The Morgan fingerprint density at radius 2 is 1.85 bits per heavy atom. The summed E-state index contributed by atoms with van der Waals surface area (Å²) in [6, 6.07) is 5.67. The maximum absolute atomic E-state index is 13.0. The first-order chi connectivity index (χ1) is 13.0. The summed E-state index contributed by atoms with van der Waals surface area (Å²) in [6.45, 7) is 4.48. The zero-order valence-corrected chi connectivity index (χ0v) is 16.0. The molecule has 3 N–H and O–H groups in total. The number of piperidine rings is 1. The molecule has 0 saturated carbocycles. The number of halogens is 1. The molecule has 4 amide bonds. The molecule has 0 spiro atoms. The summed E-state index contributed by atoms with van der Waals surface area (Å²) >= 11 is 0. The van der Waals surface area contributed by atoms with E-state index in [1.54, 1.807) is 24.1 Å². The SMILES string of the molecule is CCNC(=O)N1CCC(CCOC)(NC(=O)NCc2ccc(F)cc2)CC1. The van der Waals surface area contributed by atoms with Crippen molar-refractivity contribution in [3.63, 3.8) is 0 Å².